The number of aromatic carboxylic acids is 1. The summed E-state index contributed by atoms with van der Waals surface area (Å²) >= 11 is 1.43. The molecule has 22 heavy (non-hydrogen) atoms. The summed E-state index contributed by atoms with van der Waals surface area (Å²) in [6.07, 6.45) is 1.29. The number of nitrogens with one attached hydrogen (secondary N) is 1. The van der Waals surface area contributed by atoms with Crippen LogP contribution < -0.4 is 5.32 Å². The van der Waals surface area contributed by atoms with Crippen molar-refractivity contribution >= 4 is 23.2 Å². The van der Waals surface area contributed by atoms with Crippen LogP contribution >= 0.6 is 11.3 Å². The first-order valence-electron chi connectivity index (χ1n) is 6.58. The summed E-state index contributed by atoms with van der Waals surface area (Å²) in [5, 5.41) is 21.3. The molecule has 0 spiro atoms. The number of pyridine rings is 1. The van der Waals surface area contributed by atoms with Crippen molar-refractivity contribution in [2.75, 3.05) is 0 Å². The number of amides is 1. The molecule has 0 saturated heterocycles. The molecular formula is C14H16N4O3S. The Kier molecular flexibility index (Phi) is 4.51. The maximum Gasteiger partial charge on any atom is 0.335 e. The van der Waals surface area contributed by atoms with E-state index in [0.717, 1.165) is 5.01 Å². The van der Waals surface area contributed by atoms with Gasteiger partial charge in [-0.3, -0.25) is 9.78 Å². The van der Waals surface area contributed by atoms with Crippen LogP contribution in [0.4, 0.5) is 0 Å². The summed E-state index contributed by atoms with van der Waals surface area (Å²) < 4.78 is 0. The Labute approximate surface area is 131 Å². The van der Waals surface area contributed by atoms with E-state index in [2.05, 4.69) is 20.5 Å². The molecule has 0 unspecified atom stereocenters. The number of carbonyl (C=O) groups is 2. The second-order valence-electron chi connectivity index (χ2n) is 5.67. The van der Waals surface area contributed by atoms with Gasteiger partial charge in [0.15, 0.2) is 0 Å². The van der Waals surface area contributed by atoms with E-state index >= 15 is 0 Å². The standard InChI is InChI=1S/C14H16N4O3S/c1-14(2,3)13-18-17-10(22-13)7-16-11(19)9-6-8(12(20)21)4-5-15-9/h4-6H,7H2,1-3H3,(H,16,19)(H,20,21). The molecule has 0 saturated carbocycles. The van der Waals surface area contributed by atoms with Crippen LogP contribution in [0.3, 0.4) is 0 Å². The van der Waals surface area contributed by atoms with Gasteiger partial charge in [-0.15, -0.1) is 10.2 Å². The lowest BCUT2D eigenvalue weighted by atomic mass is 9.98. The van der Waals surface area contributed by atoms with Crippen LogP contribution in [0.5, 0.6) is 0 Å². The van der Waals surface area contributed by atoms with Crippen molar-refractivity contribution in [3.8, 4) is 0 Å². The highest BCUT2D eigenvalue weighted by molar-refractivity contribution is 7.11. The predicted octanol–water partition coefficient (Wildman–Crippen LogP) is 1.86. The molecule has 2 aromatic heterocycles. The molecule has 0 aromatic carbocycles. The first-order chi connectivity index (χ1) is 10.3. The second kappa shape index (κ2) is 6.18. The molecular weight excluding hydrogens is 304 g/mol. The number of hydrogen-bond donors (Lipinski definition) is 2. The predicted molar refractivity (Wildman–Crippen MR) is 81.0 cm³/mol. The number of aromatic nitrogens is 3. The number of carbonyl (C=O) groups excluding carboxylic acids is 1. The third-order valence-corrected chi connectivity index (χ3v) is 4.10. The van der Waals surface area contributed by atoms with E-state index in [1.165, 1.54) is 29.7 Å². The molecule has 0 radical (unpaired) electrons. The molecule has 0 atom stereocenters. The molecule has 0 aliphatic rings. The topological polar surface area (TPSA) is 105 Å². The Morgan fingerprint density at radius 2 is 2.05 bits per heavy atom. The third-order valence-electron chi connectivity index (χ3n) is 2.75. The van der Waals surface area contributed by atoms with E-state index in [0.29, 0.717) is 5.01 Å². The average molecular weight is 320 g/mol. The average Bonchev–Trinajstić information content (AvgIpc) is 2.94. The van der Waals surface area contributed by atoms with Gasteiger partial charge in [0.1, 0.15) is 15.7 Å². The van der Waals surface area contributed by atoms with E-state index in [1.807, 2.05) is 20.8 Å². The second-order valence-corrected chi connectivity index (χ2v) is 6.73. The highest BCUT2D eigenvalue weighted by Crippen LogP contribution is 2.25. The van der Waals surface area contributed by atoms with E-state index < -0.39 is 11.9 Å². The maximum absolute atomic E-state index is 12.0. The van der Waals surface area contributed by atoms with Gasteiger partial charge in [-0.2, -0.15) is 0 Å². The fraction of sp³-hybridized carbons (Fsp3) is 0.357. The molecule has 0 aliphatic heterocycles. The molecule has 2 heterocycles. The van der Waals surface area contributed by atoms with Crippen LogP contribution in [0.1, 0.15) is 51.6 Å². The van der Waals surface area contributed by atoms with Gasteiger partial charge < -0.3 is 10.4 Å². The first kappa shape index (κ1) is 16.0. The number of carboxylic acid groups (broad SMARTS) is 1. The lowest BCUT2D eigenvalue weighted by molar-refractivity contribution is 0.0696. The lowest BCUT2D eigenvalue weighted by Gasteiger charge is -2.12. The number of carboxylic acids is 1. The van der Waals surface area contributed by atoms with Crippen LogP contribution in [-0.2, 0) is 12.0 Å². The zero-order valence-electron chi connectivity index (χ0n) is 12.5. The van der Waals surface area contributed by atoms with Gasteiger partial charge in [-0.05, 0) is 12.1 Å². The van der Waals surface area contributed by atoms with Crippen molar-refractivity contribution in [3.63, 3.8) is 0 Å². The maximum atomic E-state index is 12.0. The SMILES string of the molecule is CC(C)(C)c1nnc(CNC(=O)c2cc(C(=O)O)ccn2)s1. The van der Waals surface area contributed by atoms with Gasteiger partial charge in [0.25, 0.3) is 5.91 Å². The minimum Gasteiger partial charge on any atom is -0.478 e. The minimum atomic E-state index is -1.10. The van der Waals surface area contributed by atoms with E-state index in [-0.39, 0.29) is 23.2 Å². The molecule has 8 heteroatoms. The van der Waals surface area contributed by atoms with Crippen molar-refractivity contribution in [2.24, 2.45) is 0 Å². The summed E-state index contributed by atoms with van der Waals surface area (Å²) in [5.41, 5.74) is -0.0105. The number of rotatable bonds is 4. The Hall–Kier alpha value is -2.35. The van der Waals surface area contributed by atoms with E-state index in [9.17, 15) is 9.59 Å². The van der Waals surface area contributed by atoms with Gasteiger partial charge in [0.2, 0.25) is 0 Å². The Morgan fingerprint density at radius 1 is 1.32 bits per heavy atom. The van der Waals surface area contributed by atoms with Crippen molar-refractivity contribution in [3.05, 3.63) is 39.6 Å². The van der Waals surface area contributed by atoms with E-state index in [1.54, 1.807) is 0 Å². The summed E-state index contributed by atoms with van der Waals surface area (Å²) in [6, 6.07) is 2.57. The Morgan fingerprint density at radius 3 is 2.64 bits per heavy atom. The smallest absolute Gasteiger partial charge is 0.335 e. The fourth-order valence-corrected chi connectivity index (χ4v) is 2.40. The fourth-order valence-electron chi connectivity index (χ4n) is 1.56. The molecule has 2 N–H and O–H groups in total. The zero-order valence-corrected chi connectivity index (χ0v) is 13.3. The normalized spacial score (nSPS) is 11.2. The number of hydrogen-bond acceptors (Lipinski definition) is 6. The molecule has 0 bridgehead atoms. The molecule has 2 aromatic rings. The third kappa shape index (κ3) is 3.85. The van der Waals surface area contributed by atoms with Crippen molar-refractivity contribution in [2.45, 2.75) is 32.7 Å². The van der Waals surface area contributed by atoms with Crippen LogP contribution in [0.15, 0.2) is 18.3 Å². The Balaban J connectivity index is 2.02. The van der Waals surface area contributed by atoms with Crippen LogP contribution in [0.2, 0.25) is 0 Å². The summed E-state index contributed by atoms with van der Waals surface area (Å²) in [4.78, 5) is 26.7. The van der Waals surface area contributed by atoms with Gasteiger partial charge in [-0.25, -0.2) is 4.79 Å². The molecule has 2 rings (SSSR count). The summed E-state index contributed by atoms with van der Waals surface area (Å²) in [7, 11) is 0. The minimum absolute atomic E-state index is 0.0195. The van der Waals surface area contributed by atoms with Crippen LogP contribution in [0, 0.1) is 0 Å². The number of nitrogens with zero attached hydrogens (tertiary/aromatic N) is 3. The van der Waals surface area contributed by atoms with Crippen LogP contribution in [-0.4, -0.2) is 32.2 Å². The quantitative estimate of drug-likeness (QED) is 0.891. The monoisotopic (exact) mass is 320 g/mol. The summed E-state index contributed by atoms with van der Waals surface area (Å²) in [5.74, 6) is -1.55. The highest BCUT2D eigenvalue weighted by atomic mass is 32.1. The summed E-state index contributed by atoms with van der Waals surface area (Å²) in [6.45, 7) is 6.34. The van der Waals surface area contributed by atoms with Gasteiger partial charge in [-0.1, -0.05) is 32.1 Å². The van der Waals surface area contributed by atoms with Crippen LogP contribution in [0.25, 0.3) is 0 Å². The molecule has 0 aliphatic carbocycles. The van der Waals surface area contributed by atoms with Gasteiger partial charge in [0, 0.05) is 11.6 Å². The zero-order chi connectivity index (χ0) is 16.3. The Bertz CT molecular complexity index is 706. The largest absolute Gasteiger partial charge is 0.478 e. The molecule has 7 nitrogen and oxygen atoms in total. The molecule has 1 amide bonds. The van der Waals surface area contributed by atoms with E-state index in [4.69, 9.17) is 5.11 Å². The van der Waals surface area contributed by atoms with Gasteiger partial charge >= 0.3 is 5.97 Å². The van der Waals surface area contributed by atoms with Gasteiger partial charge in [0.05, 0.1) is 12.1 Å². The molecule has 0 fully saturated rings. The molecule has 116 valence electrons. The lowest BCUT2D eigenvalue weighted by Crippen LogP contribution is -2.24. The van der Waals surface area contributed by atoms with Crippen molar-refractivity contribution in [1.82, 2.24) is 20.5 Å². The first-order valence-corrected chi connectivity index (χ1v) is 7.39. The van der Waals surface area contributed by atoms with Crippen molar-refractivity contribution in [1.29, 1.82) is 0 Å². The highest BCUT2D eigenvalue weighted by Gasteiger charge is 2.19. The van der Waals surface area contributed by atoms with Crippen molar-refractivity contribution < 1.29 is 14.7 Å².